The first-order chi connectivity index (χ1) is 10.2. The maximum Gasteiger partial charge on any atom is 0.244 e. The normalized spacial score (nSPS) is 14.3. The molecule has 0 spiro atoms. The maximum atomic E-state index is 12.3. The van der Waals surface area contributed by atoms with Crippen LogP contribution in [0.4, 0.5) is 5.69 Å². The summed E-state index contributed by atoms with van der Waals surface area (Å²) in [7, 11) is 0. The van der Waals surface area contributed by atoms with E-state index in [0.717, 1.165) is 17.0 Å². The summed E-state index contributed by atoms with van der Waals surface area (Å²) in [6, 6.07) is 11.2. The number of amides is 2. The van der Waals surface area contributed by atoms with Crippen LogP contribution in [0.1, 0.15) is 17.7 Å². The van der Waals surface area contributed by atoms with Crippen molar-refractivity contribution in [2.75, 3.05) is 11.9 Å². The number of hydrogen-bond acceptors (Lipinski definition) is 3. The first kappa shape index (κ1) is 13.4. The van der Waals surface area contributed by atoms with Gasteiger partial charge in [0.15, 0.2) is 0 Å². The highest BCUT2D eigenvalue weighted by molar-refractivity contribution is 5.96. The third kappa shape index (κ3) is 3.13. The van der Waals surface area contributed by atoms with Gasteiger partial charge in [-0.2, -0.15) is 0 Å². The van der Waals surface area contributed by atoms with Gasteiger partial charge in [0.1, 0.15) is 12.3 Å². The van der Waals surface area contributed by atoms with Crippen molar-refractivity contribution in [2.24, 2.45) is 0 Å². The van der Waals surface area contributed by atoms with Gasteiger partial charge in [-0.15, -0.1) is 0 Å². The highest BCUT2D eigenvalue weighted by Crippen LogP contribution is 2.20. The van der Waals surface area contributed by atoms with Crippen molar-refractivity contribution in [3.8, 4) is 0 Å². The van der Waals surface area contributed by atoms with Crippen molar-refractivity contribution in [2.45, 2.75) is 19.4 Å². The highest BCUT2D eigenvalue weighted by atomic mass is 16.3. The Morgan fingerprint density at radius 2 is 2.05 bits per heavy atom. The Kier molecular flexibility index (Phi) is 3.73. The number of hydrogen-bond donors (Lipinski definition) is 1. The topological polar surface area (TPSA) is 62.6 Å². The van der Waals surface area contributed by atoms with Crippen LogP contribution in [0.25, 0.3) is 0 Å². The van der Waals surface area contributed by atoms with Gasteiger partial charge in [-0.3, -0.25) is 9.59 Å². The average Bonchev–Trinajstić information content (AvgIpc) is 2.93. The summed E-state index contributed by atoms with van der Waals surface area (Å²) >= 11 is 0. The van der Waals surface area contributed by atoms with E-state index in [1.165, 1.54) is 0 Å². The molecule has 21 heavy (non-hydrogen) atoms. The van der Waals surface area contributed by atoms with Gasteiger partial charge in [-0.05, 0) is 23.8 Å². The molecule has 2 heterocycles. The third-order valence-electron chi connectivity index (χ3n) is 3.51. The lowest BCUT2D eigenvalue weighted by atomic mass is 10.1. The zero-order valence-electron chi connectivity index (χ0n) is 11.5. The van der Waals surface area contributed by atoms with E-state index in [4.69, 9.17) is 4.42 Å². The van der Waals surface area contributed by atoms with Crippen molar-refractivity contribution in [3.05, 3.63) is 54.0 Å². The molecule has 2 aromatic rings. The highest BCUT2D eigenvalue weighted by Gasteiger charge is 2.22. The predicted octanol–water partition coefficient (Wildman–Crippen LogP) is 2.19. The predicted molar refractivity (Wildman–Crippen MR) is 77.5 cm³/mol. The van der Waals surface area contributed by atoms with E-state index >= 15 is 0 Å². The Hall–Kier alpha value is -2.56. The van der Waals surface area contributed by atoms with Crippen LogP contribution in [0, 0.1) is 0 Å². The third-order valence-corrected chi connectivity index (χ3v) is 3.51. The number of carbonyl (C=O) groups is 2. The van der Waals surface area contributed by atoms with Crippen LogP contribution >= 0.6 is 0 Å². The lowest BCUT2D eigenvalue weighted by Gasteiger charge is -2.19. The van der Waals surface area contributed by atoms with E-state index in [0.29, 0.717) is 19.4 Å². The van der Waals surface area contributed by atoms with Gasteiger partial charge in [-0.1, -0.05) is 18.2 Å². The van der Waals surface area contributed by atoms with Gasteiger partial charge in [0.25, 0.3) is 0 Å². The summed E-state index contributed by atoms with van der Waals surface area (Å²) in [4.78, 5) is 25.8. The van der Waals surface area contributed by atoms with Crippen molar-refractivity contribution in [1.82, 2.24) is 4.90 Å². The van der Waals surface area contributed by atoms with Crippen LogP contribution in [-0.2, 0) is 22.6 Å². The van der Waals surface area contributed by atoms with Crippen LogP contribution in [0.2, 0.25) is 0 Å². The summed E-state index contributed by atoms with van der Waals surface area (Å²) in [6.45, 7) is 0.539. The number of anilines is 1. The van der Waals surface area contributed by atoms with Crippen molar-refractivity contribution in [3.63, 3.8) is 0 Å². The minimum absolute atomic E-state index is 0.0433. The van der Waals surface area contributed by atoms with E-state index in [1.54, 1.807) is 17.2 Å². The molecule has 1 aromatic carbocycles. The molecule has 1 aliphatic rings. The molecule has 2 amide bonds. The number of rotatable bonds is 3. The number of nitrogens with zero attached hydrogens (tertiary/aromatic N) is 1. The lowest BCUT2D eigenvalue weighted by Crippen LogP contribution is -2.35. The van der Waals surface area contributed by atoms with Crippen molar-refractivity contribution < 1.29 is 14.0 Å². The van der Waals surface area contributed by atoms with Crippen LogP contribution < -0.4 is 5.32 Å². The number of aryl methyl sites for hydroxylation is 1. The number of carbonyl (C=O) groups excluding carboxylic acids is 2. The monoisotopic (exact) mass is 284 g/mol. The number of fused-ring (bicyclic) bond motifs is 1. The van der Waals surface area contributed by atoms with Crippen LogP contribution in [0.15, 0.2) is 47.1 Å². The summed E-state index contributed by atoms with van der Waals surface area (Å²) in [5, 5.41) is 2.83. The van der Waals surface area contributed by atoms with Gasteiger partial charge >= 0.3 is 0 Å². The molecule has 1 N–H and O–H groups in total. The number of nitrogens with one attached hydrogen (secondary N) is 1. The van der Waals surface area contributed by atoms with E-state index in [2.05, 4.69) is 5.32 Å². The number of furan rings is 1. The molecule has 0 unspecified atom stereocenters. The molecule has 5 nitrogen and oxygen atoms in total. The largest absolute Gasteiger partial charge is 0.469 e. The summed E-state index contributed by atoms with van der Waals surface area (Å²) in [5.41, 5.74) is 1.73. The molecular weight excluding hydrogens is 268 g/mol. The SMILES string of the molecule is O=C1CN(C(=O)CCc2ccco2)Cc2ccccc2N1. The van der Waals surface area contributed by atoms with Gasteiger partial charge in [-0.25, -0.2) is 0 Å². The second-order valence-electron chi connectivity index (χ2n) is 5.03. The molecule has 0 fully saturated rings. The second-order valence-corrected chi connectivity index (χ2v) is 5.03. The van der Waals surface area contributed by atoms with Gasteiger partial charge < -0.3 is 14.6 Å². The molecule has 108 valence electrons. The van der Waals surface area contributed by atoms with Gasteiger partial charge in [0, 0.05) is 25.1 Å². The Balaban J connectivity index is 1.70. The van der Waals surface area contributed by atoms with Crippen LogP contribution in [-0.4, -0.2) is 23.3 Å². The number of para-hydroxylation sites is 1. The van der Waals surface area contributed by atoms with Crippen LogP contribution in [0.5, 0.6) is 0 Å². The molecule has 0 aliphatic carbocycles. The molecule has 0 bridgehead atoms. The first-order valence-electron chi connectivity index (χ1n) is 6.90. The fourth-order valence-corrected chi connectivity index (χ4v) is 2.42. The van der Waals surface area contributed by atoms with E-state index in [-0.39, 0.29) is 18.4 Å². The standard InChI is InChI=1S/C16H16N2O3/c19-15-11-18(10-12-4-1-2-6-14(12)17-15)16(20)8-7-13-5-3-9-21-13/h1-6,9H,7-8,10-11H2,(H,17,19). The molecule has 0 atom stereocenters. The van der Waals surface area contributed by atoms with Gasteiger partial charge in [0.2, 0.25) is 11.8 Å². The quantitative estimate of drug-likeness (QED) is 0.939. The minimum atomic E-state index is -0.161. The van der Waals surface area contributed by atoms with Crippen molar-refractivity contribution >= 4 is 17.5 Å². The molecule has 3 rings (SSSR count). The Morgan fingerprint density at radius 3 is 2.86 bits per heavy atom. The maximum absolute atomic E-state index is 12.3. The zero-order chi connectivity index (χ0) is 14.7. The molecular formula is C16H16N2O3. The van der Waals surface area contributed by atoms with Crippen LogP contribution in [0.3, 0.4) is 0 Å². The minimum Gasteiger partial charge on any atom is -0.469 e. The van der Waals surface area contributed by atoms with Crippen molar-refractivity contribution in [1.29, 1.82) is 0 Å². The van der Waals surface area contributed by atoms with E-state index in [9.17, 15) is 9.59 Å². The lowest BCUT2D eigenvalue weighted by molar-refractivity contribution is -0.135. The Morgan fingerprint density at radius 1 is 1.19 bits per heavy atom. The molecule has 0 saturated carbocycles. The first-order valence-corrected chi connectivity index (χ1v) is 6.90. The molecule has 0 saturated heterocycles. The Bertz CT molecular complexity index is 649. The smallest absolute Gasteiger partial charge is 0.244 e. The zero-order valence-corrected chi connectivity index (χ0v) is 11.5. The fraction of sp³-hybridized carbons (Fsp3) is 0.250. The summed E-state index contributed by atoms with van der Waals surface area (Å²) < 4.78 is 5.22. The molecule has 5 heteroatoms. The molecule has 0 radical (unpaired) electrons. The number of benzene rings is 1. The molecule has 1 aliphatic heterocycles. The Labute approximate surface area is 122 Å². The van der Waals surface area contributed by atoms with E-state index in [1.807, 2.05) is 30.3 Å². The average molecular weight is 284 g/mol. The second kappa shape index (κ2) is 5.83. The van der Waals surface area contributed by atoms with Gasteiger partial charge in [0.05, 0.1) is 6.26 Å². The summed E-state index contributed by atoms with van der Waals surface area (Å²) in [5.74, 6) is 0.576. The summed E-state index contributed by atoms with van der Waals surface area (Å²) in [6.07, 6.45) is 2.48. The van der Waals surface area contributed by atoms with E-state index < -0.39 is 0 Å². The fourth-order valence-electron chi connectivity index (χ4n) is 2.42. The molecule has 1 aromatic heterocycles.